The first-order valence-corrected chi connectivity index (χ1v) is 4.00. The third-order valence-electron chi connectivity index (χ3n) is 1.29. The molecule has 0 aromatic rings. The van der Waals surface area contributed by atoms with Crippen molar-refractivity contribution in [2.75, 3.05) is 6.67 Å². The standard InChI is InChI=1S/C9H14N2O3/c1-6(2)9(14)11-5-10-8(13)4-7(3)12/h12H,1,3-5H2,2H3,(H,10,13)(H,11,14). The molecule has 5 nitrogen and oxygen atoms in total. The summed E-state index contributed by atoms with van der Waals surface area (Å²) in [5.41, 5.74) is 0.366. The lowest BCUT2D eigenvalue weighted by molar-refractivity contribution is -0.121. The summed E-state index contributed by atoms with van der Waals surface area (Å²) in [7, 11) is 0. The molecule has 5 heteroatoms. The van der Waals surface area contributed by atoms with Gasteiger partial charge in [0.2, 0.25) is 11.8 Å². The number of rotatable bonds is 5. The zero-order valence-electron chi connectivity index (χ0n) is 8.09. The molecule has 14 heavy (non-hydrogen) atoms. The molecule has 0 saturated carbocycles. The van der Waals surface area contributed by atoms with Gasteiger partial charge in [0.1, 0.15) is 0 Å². The maximum atomic E-state index is 10.9. The molecule has 0 radical (unpaired) electrons. The van der Waals surface area contributed by atoms with Crippen molar-refractivity contribution >= 4 is 11.8 Å². The zero-order chi connectivity index (χ0) is 11.1. The van der Waals surface area contributed by atoms with Gasteiger partial charge in [-0.1, -0.05) is 13.2 Å². The van der Waals surface area contributed by atoms with Crippen LogP contribution in [0.5, 0.6) is 0 Å². The van der Waals surface area contributed by atoms with E-state index in [1.807, 2.05) is 0 Å². The Morgan fingerprint density at radius 3 is 2.29 bits per heavy atom. The molecule has 78 valence electrons. The van der Waals surface area contributed by atoms with E-state index in [1.165, 1.54) is 0 Å². The summed E-state index contributed by atoms with van der Waals surface area (Å²) in [6, 6.07) is 0. The first-order valence-electron chi connectivity index (χ1n) is 4.00. The lowest BCUT2D eigenvalue weighted by atomic mass is 10.3. The van der Waals surface area contributed by atoms with Crippen LogP contribution in [0.15, 0.2) is 24.5 Å². The Morgan fingerprint density at radius 1 is 1.29 bits per heavy atom. The van der Waals surface area contributed by atoms with Crippen LogP contribution in [0.1, 0.15) is 13.3 Å². The topological polar surface area (TPSA) is 78.4 Å². The normalized spacial score (nSPS) is 8.93. The van der Waals surface area contributed by atoms with Crippen LogP contribution < -0.4 is 10.6 Å². The zero-order valence-corrected chi connectivity index (χ0v) is 8.09. The molecule has 0 aliphatic heterocycles. The Hall–Kier alpha value is -1.78. The number of aliphatic hydroxyl groups is 1. The van der Waals surface area contributed by atoms with Gasteiger partial charge in [0, 0.05) is 5.57 Å². The van der Waals surface area contributed by atoms with Crippen LogP contribution in [-0.4, -0.2) is 23.6 Å². The van der Waals surface area contributed by atoms with Crippen LogP contribution in [0.25, 0.3) is 0 Å². The maximum Gasteiger partial charge on any atom is 0.247 e. The number of nitrogens with one attached hydrogen (secondary N) is 2. The van der Waals surface area contributed by atoms with Crippen molar-refractivity contribution in [1.82, 2.24) is 10.6 Å². The Morgan fingerprint density at radius 2 is 1.86 bits per heavy atom. The highest BCUT2D eigenvalue weighted by atomic mass is 16.3. The third kappa shape index (κ3) is 5.82. The summed E-state index contributed by atoms with van der Waals surface area (Å²) in [4.78, 5) is 21.8. The summed E-state index contributed by atoms with van der Waals surface area (Å²) in [5, 5.41) is 13.4. The third-order valence-corrected chi connectivity index (χ3v) is 1.29. The molecule has 0 atom stereocenters. The number of aliphatic hydroxyl groups excluding tert-OH is 1. The van der Waals surface area contributed by atoms with Crippen LogP contribution in [-0.2, 0) is 9.59 Å². The van der Waals surface area contributed by atoms with Gasteiger partial charge in [0.25, 0.3) is 0 Å². The second-order valence-electron chi connectivity index (χ2n) is 2.81. The van der Waals surface area contributed by atoms with E-state index in [4.69, 9.17) is 5.11 Å². The van der Waals surface area contributed by atoms with E-state index in [0.717, 1.165) is 0 Å². The first-order chi connectivity index (χ1) is 6.43. The second kappa shape index (κ2) is 5.80. The van der Waals surface area contributed by atoms with Crippen molar-refractivity contribution in [1.29, 1.82) is 0 Å². The van der Waals surface area contributed by atoms with Crippen LogP contribution in [0, 0.1) is 0 Å². The molecule has 0 rings (SSSR count). The number of hydrogen-bond acceptors (Lipinski definition) is 3. The first kappa shape index (κ1) is 12.2. The highest BCUT2D eigenvalue weighted by molar-refractivity contribution is 5.92. The van der Waals surface area contributed by atoms with Crippen LogP contribution in [0.3, 0.4) is 0 Å². The maximum absolute atomic E-state index is 10.9. The van der Waals surface area contributed by atoms with Gasteiger partial charge < -0.3 is 15.7 Å². The molecule has 0 spiro atoms. The minimum Gasteiger partial charge on any atom is -0.512 e. The number of hydrogen-bond donors (Lipinski definition) is 3. The fourth-order valence-corrected chi connectivity index (χ4v) is 0.622. The molecular weight excluding hydrogens is 184 g/mol. The van der Waals surface area contributed by atoms with Gasteiger partial charge >= 0.3 is 0 Å². The minimum atomic E-state index is -0.403. The molecule has 0 saturated heterocycles. The highest BCUT2D eigenvalue weighted by Crippen LogP contribution is 1.89. The van der Waals surface area contributed by atoms with Crippen molar-refractivity contribution in [3.8, 4) is 0 Å². The summed E-state index contributed by atoms with van der Waals surface area (Å²) in [5.74, 6) is -0.943. The Labute approximate surface area is 82.5 Å². The number of carbonyl (C=O) groups is 2. The SMILES string of the molecule is C=C(O)CC(=O)NCNC(=O)C(=C)C. The molecule has 2 amide bonds. The lowest BCUT2D eigenvalue weighted by Crippen LogP contribution is -2.37. The number of carbonyl (C=O) groups excluding carboxylic acids is 2. The molecule has 0 bridgehead atoms. The molecule has 0 aromatic heterocycles. The molecule has 0 heterocycles. The summed E-state index contributed by atoms with van der Waals surface area (Å²) in [6.45, 7) is 8.16. The Balaban J connectivity index is 3.64. The molecule has 0 aliphatic carbocycles. The fourth-order valence-electron chi connectivity index (χ4n) is 0.622. The molecule has 0 fully saturated rings. The summed E-state index contributed by atoms with van der Waals surface area (Å²) >= 11 is 0. The number of amides is 2. The molecule has 3 N–H and O–H groups in total. The van der Waals surface area contributed by atoms with Gasteiger partial charge in [-0.3, -0.25) is 9.59 Å². The van der Waals surface area contributed by atoms with Gasteiger partial charge in [-0.25, -0.2) is 0 Å². The molecule has 0 unspecified atom stereocenters. The van der Waals surface area contributed by atoms with Gasteiger partial charge in [-0.15, -0.1) is 0 Å². The van der Waals surface area contributed by atoms with Crippen LogP contribution in [0.2, 0.25) is 0 Å². The van der Waals surface area contributed by atoms with E-state index >= 15 is 0 Å². The Bertz CT molecular complexity index is 271. The Kier molecular flexibility index (Phi) is 5.06. The van der Waals surface area contributed by atoms with Gasteiger partial charge in [0.15, 0.2) is 0 Å². The smallest absolute Gasteiger partial charge is 0.247 e. The lowest BCUT2D eigenvalue weighted by Gasteiger charge is -2.06. The highest BCUT2D eigenvalue weighted by Gasteiger charge is 2.03. The molecule has 0 aliphatic rings. The summed E-state index contributed by atoms with van der Waals surface area (Å²) in [6.07, 6.45) is -0.164. The van der Waals surface area contributed by atoms with Gasteiger partial charge in [0.05, 0.1) is 18.8 Å². The molecular formula is C9H14N2O3. The van der Waals surface area contributed by atoms with Crippen LogP contribution >= 0.6 is 0 Å². The monoisotopic (exact) mass is 198 g/mol. The average Bonchev–Trinajstić information content (AvgIpc) is 2.02. The van der Waals surface area contributed by atoms with Crippen molar-refractivity contribution in [3.05, 3.63) is 24.5 Å². The van der Waals surface area contributed by atoms with Crippen LogP contribution in [0.4, 0.5) is 0 Å². The van der Waals surface area contributed by atoms with Crippen molar-refractivity contribution in [3.63, 3.8) is 0 Å². The van der Waals surface area contributed by atoms with E-state index < -0.39 is 5.91 Å². The molecule has 0 aromatic carbocycles. The van der Waals surface area contributed by atoms with E-state index in [0.29, 0.717) is 5.57 Å². The van der Waals surface area contributed by atoms with E-state index in [2.05, 4.69) is 23.8 Å². The van der Waals surface area contributed by atoms with E-state index in [9.17, 15) is 9.59 Å². The quantitative estimate of drug-likeness (QED) is 0.336. The van der Waals surface area contributed by atoms with Crippen molar-refractivity contribution < 1.29 is 14.7 Å². The van der Waals surface area contributed by atoms with Gasteiger partial charge in [-0.2, -0.15) is 0 Å². The van der Waals surface area contributed by atoms with Crippen molar-refractivity contribution in [2.45, 2.75) is 13.3 Å². The van der Waals surface area contributed by atoms with Crippen molar-refractivity contribution in [2.24, 2.45) is 0 Å². The predicted octanol–water partition coefficient (Wildman–Crippen LogP) is 0.214. The van der Waals surface area contributed by atoms with Gasteiger partial charge in [-0.05, 0) is 6.92 Å². The minimum absolute atomic E-state index is 0.0117. The average molecular weight is 198 g/mol. The van der Waals surface area contributed by atoms with E-state index in [1.54, 1.807) is 6.92 Å². The largest absolute Gasteiger partial charge is 0.512 e. The fraction of sp³-hybridized carbons (Fsp3) is 0.333. The second-order valence-corrected chi connectivity index (χ2v) is 2.81. The summed E-state index contributed by atoms with van der Waals surface area (Å²) < 4.78 is 0. The predicted molar refractivity (Wildman–Crippen MR) is 52.4 cm³/mol. The van der Waals surface area contributed by atoms with E-state index in [-0.39, 0.29) is 24.8 Å².